The van der Waals surface area contributed by atoms with Crippen LogP contribution in [0.5, 0.6) is 0 Å². The van der Waals surface area contributed by atoms with Crippen LogP contribution in [0, 0.1) is 0 Å². The van der Waals surface area contributed by atoms with Crippen molar-refractivity contribution >= 4 is 5.69 Å². The predicted molar refractivity (Wildman–Crippen MR) is 83.9 cm³/mol. The molecule has 0 aliphatic heterocycles. The number of benzene rings is 1. The smallest absolute Gasteiger partial charge is 0.123 e. The minimum atomic E-state index is 0.816. The van der Waals surface area contributed by atoms with E-state index in [1.165, 1.54) is 17.7 Å². The molecule has 3 heteroatoms. The quantitative estimate of drug-likeness (QED) is 0.741. The van der Waals surface area contributed by atoms with E-state index in [1.54, 1.807) is 6.26 Å². The van der Waals surface area contributed by atoms with Crippen molar-refractivity contribution in [1.82, 2.24) is 5.32 Å². The van der Waals surface area contributed by atoms with Gasteiger partial charge in [0.05, 0.1) is 12.8 Å². The predicted octanol–water partition coefficient (Wildman–Crippen LogP) is 3.81. The normalized spacial score (nSPS) is 10.7. The van der Waals surface area contributed by atoms with E-state index in [4.69, 9.17) is 4.42 Å². The summed E-state index contributed by atoms with van der Waals surface area (Å²) < 4.78 is 5.42. The Morgan fingerprint density at radius 3 is 2.50 bits per heavy atom. The largest absolute Gasteiger partial charge is 0.467 e. The van der Waals surface area contributed by atoms with Crippen molar-refractivity contribution in [2.45, 2.75) is 33.4 Å². The second-order valence-electron chi connectivity index (χ2n) is 4.94. The standard InChI is InChI=1S/C17H24N2O/c1-3-11-18-13-15-7-9-16(10-8-15)19(4-2)14-17-6-5-12-20-17/h5-10,12,18H,3-4,11,13-14H2,1-2H3. The second-order valence-corrected chi connectivity index (χ2v) is 4.94. The Balaban J connectivity index is 1.96. The summed E-state index contributed by atoms with van der Waals surface area (Å²) in [6.07, 6.45) is 2.90. The fraction of sp³-hybridized carbons (Fsp3) is 0.412. The van der Waals surface area contributed by atoms with Crippen LogP contribution in [-0.2, 0) is 13.1 Å². The van der Waals surface area contributed by atoms with Crippen LogP contribution >= 0.6 is 0 Å². The first kappa shape index (κ1) is 14.7. The van der Waals surface area contributed by atoms with Crippen LogP contribution in [0.15, 0.2) is 47.1 Å². The first-order valence-corrected chi connectivity index (χ1v) is 7.40. The van der Waals surface area contributed by atoms with E-state index in [0.717, 1.165) is 31.9 Å². The Labute approximate surface area is 121 Å². The molecule has 3 nitrogen and oxygen atoms in total. The molecule has 20 heavy (non-hydrogen) atoms. The number of anilines is 1. The van der Waals surface area contributed by atoms with Crippen LogP contribution in [0.3, 0.4) is 0 Å². The molecule has 0 aliphatic carbocycles. The average molecular weight is 272 g/mol. The lowest BCUT2D eigenvalue weighted by atomic mass is 10.2. The maximum Gasteiger partial charge on any atom is 0.123 e. The zero-order valence-corrected chi connectivity index (χ0v) is 12.4. The Hall–Kier alpha value is -1.74. The van der Waals surface area contributed by atoms with Crippen LogP contribution in [0.25, 0.3) is 0 Å². The lowest BCUT2D eigenvalue weighted by molar-refractivity contribution is 0.503. The van der Waals surface area contributed by atoms with E-state index < -0.39 is 0 Å². The highest BCUT2D eigenvalue weighted by Crippen LogP contribution is 2.18. The van der Waals surface area contributed by atoms with Gasteiger partial charge in [0.1, 0.15) is 5.76 Å². The Morgan fingerprint density at radius 1 is 1.10 bits per heavy atom. The Bertz CT molecular complexity index is 476. The Kier molecular flexibility index (Phi) is 5.69. The van der Waals surface area contributed by atoms with Gasteiger partial charge in [-0.25, -0.2) is 0 Å². The number of rotatable bonds is 8. The van der Waals surface area contributed by atoms with Crippen LogP contribution in [0.1, 0.15) is 31.6 Å². The molecular formula is C17H24N2O. The molecular weight excluding hydrogens is 248 g/mol. The van der Waals surface area contributed by atoms with Gasteiger partial charge in [-0.3, -0.25) is 0 Å². The Morgan fingerprint density at radius 2 is 1.90 bits per heavy atom. The summed E-state index contributed by atoms with van der Waals surface area (Å²) in [5.41, 5.74) is 2.57. The highest BCUT2D eigenvalue weighted by molar-refractivity contribution is 5.47. The van der Waals surface area contributed by atoms with Crippen LogP contribution < -0.4 is 10.2 Å². The van der Waals surface area contributed by atoms with E-state index in [1.807, 2.05) is 12.1 Å². The number of nitrogens with zero attached hydrogens (tertiary/aromatic N) is 1. The third-order valence-corrected chi connectivity index (χ3v) is 3.37. The van der Waals surface area contributed by atoms with Gasteiger partial charge in [0.2, 0.25) is 0 Å². The van der Waals surface area contributed by atoms with E-state index >= 15 is 0 Å². The molecule has 2 aromatic rings. The second kappa shape index (κ2) is 7.75. The molecule has 0 spiro atoms. The molecule has 1 aromatic carbocycles. The van der Waals surface area contributed by atoms with E-state index in [-0.39, 0.29) is 0 Å². The summed E-state index contributed by atoms with van der Waals surface area (Å²) in [4.78, 5) is 2.31. The van der Waals surface area contributed by atoms with E-state index in [2.05, 4.69) is 48.3 Å². The van der Waals surface area contributed by atoms with Crippen molar-refractivity contribution < 1.29 is 4.42 Å². The summed E-state index contributed by atoms with van der Waals surface area (Å²) >= 11 is 0. The van der Waals surface area contributed by atoms with Crippen molar-refractivity contribution in [3.05, 3.63) is 54.0 Å². The fourth-order valence-electron chi connectivity index (χ4n) is 2.21. The molecule has 0 bridgehead atoms. The monoisotopic (exact) mass is 272 g/mol. The molecule has 1 heterocycles. The van der Waals surface area contributed by atoms with Gasteiger partial charge < -0.3 is 14.6 Å². The molecule has 0 saturated carbocycles. The molecule has 0 unspecified atom stereocenters. The highest BCUT2D eigenvalue weighted by Gasteiger charge is 2.06. The maximum absolute atomic E-state index is 5.42. The van der Waals surface area contributed by atoms with Crippen LogP contribution in [0.4, 0.5) is 5.69 Å². The van der Waals surface area contributed by atoms with Crippen molar-refractivity contribution in [2.75, 3.05) is 18.0 Å². The van der Waals surface area contributed by atoms with Gasteiger partial charge in [-0.15, -0.1) is 0 Å². The molecule has 1 N–H and O–H groups in total. The highest BCUT2D eigenvalue weighted by atomic mass is 16.3. The zero-order chi connectivity index (χ0) is 14.2. The molecule has 2 rings (SSSR count). The molecule has 0 radical (unpaired) electrons. The zero-order valence-electron chi connectivity index (χ0n) is 12.4. The van der Waals surface area contributed by atoms with E-state index in [0.29, 0.717) is 0 Å². The minimum Gasteiger partial charge on any atom is -0.467 e. The SMILES string of the molecule is CCCNCc1ccc(N(CC)Cc2ccco2)cc1. The van der Waals surface area contributed by atoms with Crippen molar-refractivity contribution in [3.63, 3.8) is 0 Å². The van der Waals surface area contributed by atoms with Gasteiger partial charge in [-0.2, -0.15) is 0 Å². The fourth-order valence-corrected chi connectivity index (χ4v) is 2.21. The number of hydrogen-bond donors (Lipinski definition) is 1. The van der Waals surface area contributed by atoms with E-state index in [9.17, 15) is 0 Å². The average Bonchev–Trinajstić information content (AvgIpc) is 2.99. The van der Waals surface area contributed by atoms with Crippen molar-refractivity contribution in [3.8, 4) is 0 Å². The van der Waals surface area contributed by atoms with Gasteiger partial charge in [0, 0.05) is 18.8 Å². The first-order chi connectivity index (χ1) is 9.83. The molecule has 0 saturated heterocycles. The summed E-state index contributed by atoms with van der Waals surface area (Å²) in [5.74, 6) is 1.00. The van der Waals surface area contributed by atoms with Gasteiger partial charge in [-0.1, -0.05) is 19.1 Å². The topological polar surface area (TPSA) is 28.4 Å². The molecule has 0 fully saturated rings. The van der Waals surface area contributed by atoms with Crippen molar-refractivity contribution in [2.24, 2.45) is 0 Å². The van der Waals surface area contributed by atoms with Gasteiger partial charge in [0.25, 0.3) is 0 Å². The molecule has 0 atom stereocenters. The maximum atomic E-state index is 5.42. The third kappa shape index (κ3) is 4.14. The van der Waals surface area contributed by atoms with Gasteiger partial charge >= 0.3 is 0 Å². The lowest BCUT2D eigenvalue weighted by Gasteiger charge is -2.22. The number of hydrogen-bond acceptors (Lipinski definition) is 3. The molecule has 108 valence electrons. The molecule has 0 amide bonds. The summed E-state index contributed by atoms with van der Waals surface area (Å²) in [7, 11) is 0. The van der Waals surface area contributed by atoms with Gasteiger partial charge in [-0.05, 0) is 49.7 Å². The first-order valence-electron chi connectivity index (χ1n) is 7.40. The van der Waals surface area contributed by atoms with Gasteiger partial charge in [0.15, 0.2) is 0 Å². The summed E-state index contributed by atoms with van der Waals surface area (Å²) in [6, 6.07) is 12.7. The van der Waals surface area contributed by atoms with Crippen LogP contribution in [-0.4, -0.2) is 13.1 Å². The number of furan rings is 1. The lowest BCUT2D eigenvalue weighted by Crippen LogP contribution is -2.21. The molecule has 1 aromatic heterocycles. The summed E-state index contributed by atoms with van der Waals surface area (Å²) in [6.45, 7) is 8.15. The summed E-state index contributed by atoms with van der Waals surface area (Å²) in [5, 5.41) is 3.42. The molecule has 0 aliphatic rings. The van der Waals surface area contributed by atoms with Crippen LogP contribution in [0.2, 0.25) is 0 Å². The number of nitrogens with one attached hydrogen (secondary N) is 1. The van der Waals surface area contributed by atoms with Crippen molar-refractivity contribution in [1.29, 1.82) is 0 Å². The minimum absolute atomic E-state index is 0.816. The third-order valence-electron chi connectivity index (χ3n) is 3.37.